The fourth-order valence-electron chi connectivity index (χ4n) is 3.41. The summed E-state index contributed by atoms with van der Waals surface area (Å²) in [5.41, 5.74) is 0. The standard InChI is InChI=1S/C18H34N4O3/c1-4-19-18(20-10-9-17(23)21(5-2)6-3)22-11-13-25-16(14-22)15-8-7-12-24-15/h15-16H,4-14H2,1-3H3,(H,19,20). The predicted octanol–water partition coefficient (Wildman–Crippen LogP) is 1.09. The van der Waals surface area contributed by atoms with Crippen LogP contribution in [0.4, 0.5) is 0 Å². The summed E-state index contributed by atoms with van der Waals surface area (Å²) < 4.78 is 11.7. The van der Waals surface area contributed by atoms with E-state index < -0.39 is 0 Å². The third-order valence-electron chi connectivity index (χ3n) is 4.81. The van der Waals surface area contributed by atoms with E-state index in [0.29, 0.717) is 19.6 Å². The average Bonchev–Trinajstić information content (AvgIpc) is 3.17. The van der Waals surface area contributed by atoms with Crippen LogP contribution in [0.15, 0.2) is 4.99 Å². The largest absolute Gasteiger partial charge is 0.375 e. The summed E-state index contributed by atoms with van der Waals surface area (Å²) in [5, 5.41) is 3.35. The molecule has 2 unspecified atom stereocenters. The number of ether oxygens (including phenoxy) is 2. The minimum Gasteiger partial charge on any atom is -0.375 e. The number of aliphatic imine (C=N–C) groups is 1. The SMILES string of the molecule is CCNC(=NCCC(=O)N(CC)CC)N1CCOC(C2CCCO2)C1. The maximum absolute atomic E-state index is 12.1. The zero-order chi connectivity index (χ0) is 18.1. The molecule has 7 nitrogen and oxygen atoms in total. The number of amides is 1. The number of nitrogens with one attached hydrogen (secondary N) is 1. The Bertz CT molecular complexity index is 434. The van der Waals surface area contributed by atoms with Crippen molar-refractivity contribution in [1.29, 1.82) is 0 Å². The van der Waals surface area contributed by atoms with E-state index in [1.165, 1.54) is 0 Å². The van der Waals surface area contributed by atoms with Gasteiger partial charge in [0.1, 0.15) is 6.10 Å². The number of carbonyl (C=O) groups is 1. The van der Waals surface area contributed by atoms with Crippen LogP contribution >= 0.6 is 0 Å². The van der Waals surface area contributed by atoms with E-state index in [4.69, 9.17) is 9.47 Å². The van der Waals surface area contributed by atoms with Crippen LogP contribution in [-0.2, 0) is 14.3 Å². The first kappa shape index (κ1) is 20.0. The third kappa shape index (κ3) is 5.85. The van der Waals surface area contributed by atoms with E-state index in [2.05, 4.69) is 22.1 Å². The molecular weight excluding hydrogens is 320 g/mol. The smallest absolute Gasteiger partial charge is 0.224 e. The summed E-state index contributed by atoms with van der Waals surface area (Å²) in [6.07, 6.45) is 2.96. The van der Waals surface area contributed by atoms with Gasteiger partial charge in [0.15, 0.2) is 5.96 Å². The zero-order valence-corrected chi connectivity index (χ0v) is 16.0. The van der Waals surface area contributed by atoms with Crippen molar-refractivity contribution in [3.63, 3.8) is 0 Å². The molecule has 0 aromatic carbocycles. The Morgan fingerprint density at radius 1 is 1.20 bits per heavy atom. The molecule has 144 valence electrons. The summed E-state index contributed by atoms with van der Waals surface area (Å²) in [4.78, 5) is 20.9. The van der Waals surface area contributed by atoms with Gasteiger partial charge in [-0.2, -0.15) is 0 Å². The molecule has 2 aliphatic rings. The molecule has 2 rings (SSSR count). The van der Waals surface area contributed by atoms with E-state index in [1.54, 1.807) is 0 Å². The van der Waals surface area contributed by atoms with E-state index in [9.17, 15) is 4.79 Å². The van der Waals surface area contributed by atoms with Crippen molar-refractivity contribution in [2.24, 2.45) is 4.99 Å². The van der Waals surface area contributed by atoms with E-state index in [1.807, 2.05) is 18.7 Å². The maximum Gasteiger partial charge on any atom is 0.224 e. The number of rotatable bonds is 7. The minimum atomic E-state index is 0.109. The fourth-order valence-corrected chi connectivity index (χ4v) is 3.41. The molecule has 1 N–H and O–H groups in total. The summed E-state index contributed by atoms with van der Waals surface area (Å²) in [5.74, 6) is 1.05. The number of nitrogens with zero attached hydrogens (tertiary/aromatic N) is 3. The van der Waals surface area contributed by atoms with Gasteiger partial charge in [0.2, 0.25) is 5.91 Å². The van der Waals surface area contributed by atoms with Gasteiger partial charge in [0, 0.05) is 45.8 Å². The second-order valence-corrected chi connectivity index (χ2v) is 6.46. The summed E-state index contributed by atoms with van der Waals surface area (Å²) in [6.45, 7) is 12.1. The third-order valence-corrected chi connectivity index (χ3v) is 4.81. The molecule has 0 spiro atoms. The van der Waals surface area contributed by atoms with Gasteiger partial charge in [-0.3, -0.25) is 9.79 Å². The number of hydrogen-bond donors (Lipinski definition) is 1. The van der Waals surface area contributed by atoms with E-state index in [0.717, 1.165) is 58.1 Å². The molecular formula is C18H34N4O3. The molecule has 0 aromatic heterocycles. The first-order chi connectivity index (χ1) is 12.2. The van der Waals surface area contributed by atoms with Crippen molar-refractivity contribution < 1.29 is 14.3 Å². The van der Waals surface area contributed by atoms with Gasteiger partial charge < -0.3 is 24.6 Å². The highest BCUT2D eigenvalue weighted by atomic mass is 16.5. The molecule has 0 aromatic rings. The van der Waals surface area contributed by atoms with Gasteiger partial charge in [-0.1, -0.05) is 0 Å². The number of morpholine rings is 1. The highest BCUT2D eigenvalue weighted by Crippen LogP contribution is 2.21. The minimum absolute atomic E-state index is 0.109. The lowest BCUT2D eigenvalue weighted by Crippen LogP contribution is -2.53. The van der Waals surface area contributed by atoms with E-state index in [-0.39, 0.29) is 18.1 Å². The lowest BCUT2D eigenvalue weighted by Gasteiger charge is -2.37. The van der Waals surface area contributed by atoms with Gasteiger partial charge in [-0.15, -0.1) is 0 Å². The van der Waals surface area contributed by atoms with Gasteiger partial charge in [-0.25, -0.2) is 0 Å². The Morgan fingerprint density at radius 3 is 2.60 bits per heavy atom. The van der Waals surface area contributed by atoms with Crippen LogP contribution in [-0.4, -0.2) is 86.4 Å². The normalized spacial score (nSPS) is 24.4. The van der Waals surface area contributed by atoms with Crippen LogP contribution in [0.2, 0.25) is 0 Å². The molecule has 2 aliphatic heterocycles. The predicted molar refractivity (Wildman–Crippen MR) is 98.8 cm³/mol. The summed E-state index contributed by atoms with van der Waals surface area (Å²) in [7, 11) is 0. The molecule has 0 radical (unpaired) electrons. The van der Waals surface area contributed by atoms with Crippen molar-refractivity contribution in [3.8, 4) is 0 Å². The van der Waals surface area contributed by atoms with Crippen LogP contribution in [0.3, 0.4) is 0 Å². The van der Waals surface area contributed by atoms with E-state index >= 15 is 0 Å². The average molecular weight is 354 g/mol. The number of hydrogen-bond acceptors (Lipinski definition) is 4. The molecule has 2 fully saturated rings. The van der Waals surface area contributed by atoms with Crippen molar-refractivity contribution in [2.45, 2.75) is 52.2 Å². The van der Waals surface area contributed by atoms with Crippen LogP contribution < -0.4 is 5.32 Å². The molecule has 0 aliphatic carbocycles. The lowest BCUT2D eigenvalue weighted by molar-refractivity contribution is -0.130. The number of carbonyl (C=O) groups excluding carboxylic acids is 1. The first-order valence-electron chi connectivity index (χ1n) is 9.73. The Morgan fingerprint density at radius 2 is 1.96 bits per heavy atom. The van der Waals surface area contributed by atoms with Crippen LogP contribution in [0, 0.1) is 0 Å². The zero-order valence-electron chi connectivity index (χ0n) is 16.0. The van der Waals surface area contributed by atoms with Crippen LogP contribution in [0.25, 0.3) is 0 Å². The second kappa shape index (κ2) is 10.6. The van der Waals surface area contributed by atoms with Crippen LogP contribution in [0.1, 0.15) is 40.0 Å². The molecule has 7 heteroatoms. The fraction of sp³-hybridized carbons (Fsp3) is 0.889. The van der Waals surface area contributed by atoms with Crippen molar-refractivity contribution in [1.82, 2.24) is 15.1 Å². The molecule has 25 heavy (non-hydrogen) atoms. The summed E-state index contributed by atoms with van der Waals surface area (Å²) in [6, 6.07) is 0. The first-order valence-corrected chi connectivity index (χ1v) is 9.73. The number of guanidine groups is 1. The van der Waals surface area contributed by atoms with Gasteiger partial charge in [0.25, 0.3) is 0 Å². The van der Waals surface area contributed by atoms with Crippen molar-refractivity contribution in [3.05, 3.63) is 0 Å². The monoisotopic (exact) mass is 354 g/mol. The topological polar surface area (TPSA) is 66.4 Å². The Labute approximate surface area is 151 Å². The van der Waals surface area contributed by atoms with Gasteiger partial charge in [0.05, 0.1) is 19.3 Å². The molecule has 1 amide bonds. The quantitative estimate of drug-likeness (QED) is 0.548. The Balaban J connectivity index is 1.90. The molecule has 2 atom stereocenters. The molecule has 0 saturated carbocycles. The maximum atomic E-state index is 12.1. The van der Waals surface area contributed by atoms with Crippen molar-refractivity contribution in [2.75, 3.05) is 52.5 Å². The summed E-state index contributed by atoms with van der Waals surface area (Å²) >= 11 is 0. The molecule has 2 saturated heterocycles. The molecule has 0 bridgehead atoms. The Kier molecular flexibility index (Phi) is 8.48. The highest BCUT2D eigenvalue weighted by molar-refractivity contribution is 5.81. The lowest BCUT2D eigenvalue weighted by atomic mass is 10.1. The Hall–Kier alpha value is -1.34. The van der Waals surface area contributed by atoms with Crippen molar-refractivity contribution >= 4 is 11.9 Å². The second-order valence-electron chi connectivity index (χ2n) is 6.46. The van der Waals surface area contributed by atoms with Crippen LogP contribution in [0.5, 0.6) is 0 Å². The highest BCUT2D eigenvalue weighted by Gasteiger charge is 2.32. The molecule has 2 heterocycles. The van der Waals surface area contributed by atoms with Gasteiger partial charge in [-0.05, 0) is 33.6 Å². The van der Waals surface area contributed by atoms with Gasteiger partial charge >= 0.3 is 0 Å².